The molecule has 1 aromatic carbocycles. The number of nitrogens with zero attached hydrogens (tertiary/aromatic N) is 1. The molecule has 1 saturated heterocycles. The number of piperidine rings is 1. The van der Waals surface area contributed by atoms with Gasteiger partial charge in [-0.15, -0.1) is 13.2 Å². The molecular weight excluding hydrogens is 367 g/mol. The number of furan rings is 1. The number of alkyl halides is 3. The molecule has 1 aromatic heterocycles. The SMILES string of the molecule is O=C(O)C1CCCN(C(=O)c2ccc(-c3ccccc3OC(F)(F)F)o2)C1. The molecule has 1 N–H and O–H groups in total. The topological polar surface area (TPSA) is 80.0 Å². The van der Waals surface area contributed by atoms with Crippen molar-refractivity contribution in [2.45, 2.75) is 19.2 Å². The number of carbonyl (C=O) groups is 2. The van der Waals surface area contributed by atoms with Crippen molar-refractivity contribution in [3.63, 3.8) is 0 Å². The molecule has 3 rings (SSSR count). The molecule has 1 amide bonds. The average Bonchev–Trinajstić information content (AvgIpc) is 3.10. The first kappa shape index (κ1) is 18.8. The Bertz CT molecular complexity index is 846. The lowest BCUT2D eigenvalue weighted by molar-refractivity contribution is -0.274. The maximum absolute atomic E-state index is 12.6. The van der Waals surface area contributed by atoms with Gasteiger partial charge in [-0.05, 0) is 37.1 Å². The molecule has 0 aliphatic carbocycles. The van der Waals surface area contributed by atoms with E-state index < -0.39 is 29.9 Å². The van der Waals surface area contributed by atoms with Gasteiger partial charge in [0.05, 0.1) is 11.5 Å². The number of ether oxygens (including phenoxy) is 1. The van der Waals surface area contributed by atoms with E-state index in [9.17, 15) is 22.8 Å². The third-order valence-electron chi connectivity index (χ3n) is 4.25. The van der Waals surface area contributed by atoms with Crippen LogP contribution >= 0.6 is 0 Å². The van der Waals surface area contributed by atoms with Gasteiger partial charge < -0.3 is 19.2 Å². The number of hydrogen-bond donors (Lipinski definition) is 1. The highest BCUT2D eigenvalue weighted by molar-refractivity contribution is 5.92. The van der Waals surface area contributed by atoms with Crippen LogP contribution in [0.2, 0.25) is 0 Å². The molecule has 2 heterocycles. The summed E-state index contributed by atoms with van der Waals surface area (Å²) in [4.78, 5) is 25.1. The van der Waals surface area contributed by atoms with Crippen molar-refractivity contribution >= 4 is 11.9 Å². The van der Waals surface area contributed by atoms with Crippen LogP contribution in [0.4, 0.5) is 13.2 Å². The molecule has 27 heavy (non-hydrogen) atoms. The minimum atomic E-state index is -4.86. The number of carbonyl (C=O) groups excluding carboxylic acids is 1. The molecule has 1 atom stereocenters. The summed E-state index contributed by atoms with van der Waals surface area (Å²) >= 11 is 0. The molecule has 1 aliphatic rings. The molecule has 0 spiro atoms. The normalized spacial score (nSPS) is 17.6. The lowest BCUT2D eigenvalue weighted by Gasteiger charge is -2.29. The maximum atomic E-state index is 12.6. The van der Waals surface area contributed by atoms with Crippen LogP contribution in [0.1, 0.15) is 23.4 Å². The predicted octanol–water partition coefficient (Wildman–Crippen LogP) is 3.78. The van der Waals surface area contributed by atoms with Gasteiger partial charge in [0.1, 0.15) is 11.5 Å². The zero-order valence-corrected chi connectivity index (χ0v) is 14.0. The molecule has 2 aromatic rings. The van der Waals surface area contributed by atoms with Crippen molar-refractivity contribution in [3.8, 4) is 17.1 Å². The molecule has 1 fully saturated rings. The number of rotatable bonds is 4. The molecular formula is C18H16F3NO5. The molecule has 144 valence electrons. The van der Waals surface area contributed by atoms with Crippen LogP contribution < -0.4 is 4.74 Å². The zero-order valence-electron chi connectivity index (χ0n) is 14.0. The van der Waals surface area contributed by atoms with Crippen LogP contribution in [0.25, 0.3) is 11.3 Å². The fourth-order valence-corrected chi connectivity index (χ4v) is 3.00. The van der Waals surface area contributed by atoms with Gasteiger partial charge in [0, 0.05) is 13.1 Å². The van der Waals surface area contributed by atoms with Crippen LogP contribution in [0, 0.1) is 5.92 Å². The van der Waals surface area contributed by atoms with Crippen molar-refractivity contribution in [2.24, 2.45) is 5.92 Å². The van der Waals surface area contributed by atoms with Gasteiger partial charge in [0.25, 0.3) is 5.91 Å². The summed E-state index contributed by atoms with van der Waals surface area (Å²) in [5, 5.41) is 9.12. The van der Waals surface area contributed by atoms with Crippen LogP contribution in [0.3, 0.4) is 0 Å². The smallest absolute Gasteiger partial charge is 0.481 e. The summed E-state index contributed by atoms with van der Waals surface area (Å²) in [5.41, 5.74) is 0.0518. The Kier molecular flexibility index (Phi) is 5.11. The quantitative estimate of drug-likeness (QED) is 0.869. The lowest BCUT2D eigenvalue weighted by atomic mass is 9.98. The number of amides is 1. The molecule has 0 radical (unpaired) electrons. The maximum Gasteiger partial charge on any atom is 0.573 e. The highest BCUT2D eigenvalue weighted by atomic mass is 19.4. The van der Waals surface area contributed by atoms with E-state index in [1.807, 2.05) is 0 Å². The van der Waals surface area contributed by atoms with E-state index in [0.717, 1.165) is 6.07 Å². The number of carboxylic acid groups (broad SMARTS) is 1. The zero-order chi connectivity index (χ0) is 19.6. The Balaban J connectivity index is 1.81. The van der Waals surface area contributed by atoms with E-state index in [4.69, 9.17) is 9.52 Å². The summed E-state index contributed by atoms with van der Waals surface area (Å²) in [7, 11) is 0. The van der Waals surface area contributed by atoms with Crippen LogP contribution in [0.5, 0.6) is 5.75 Å². The summed E-state index contributed by atoms with van der Waals surface area (Å²) in [6.45, 7) is 0.463. The predicted molar refractivity (Wildman–Crippen MR) is 87.1 cm³/mol. The van der Waals surface area contributed by atoms with Gasteiger partial charge >= 0.3 is 12.3 Å². The van der Waals surface area contributed by atoms with Crippen molar-refractivity contribution in [3.05, 3.63) is 42.2 Å². The molecule has 1 unspecified atom stereocenters. The number of benzene rings is 1. The number of likely N-dealkylation sites (tertiary alicyclic amines) is 1. The largest absolute Gasteiger partial charge is 0.573 e. The Labute approximate surface area is 152 Å². The number of halogens is 3. The third kappa shape index (κ3) is 4.42. The second-order valence-corrected chi connectivity index (χ2v) is 6.14. The third-order valence-corrected chi connectivity index (χ3v) is 4.25. The van der Waals surface area contributed by atoms with Crippen LogP contribution in [0.15, 0.2) is 40.8 Å². The lowest BCUT2D eigenvalue weighted by Crippen LogP contribution is -2.42. The minimum Gasteiger partial charge on any atom is -0.481 e. The first-order chi connectivity index (χ1) is 12.7. The Hall–Kier alpha value is -2.97. The van der Waals surface area contributed by atoms with E-state index in [1.165, 1.54) is 35.2 Å². The van der Waals surface area contributed by atoms with E-state index in [2.05, 4.69) is 4.74 Å². The highest BCUT2D eigenvalue weighted by Gasteiger charge is 2.33. The number of aliphatic carboxylic acids is 1. The fraction of sp³-hybridized carbons (Fsp3) is 0.333. The Morgan fingerprint density at radius 2 is 1.93 bits per heavy atom. The van der Waals surface area contributed by atoms with Gasteiger partial charge in [-0.3, -0.25) is 9.59 Å². The van der Waals surface area contributed by atoms with Crippen LogP contribution in [-0.4, -0.2) is 41.3 Å². The number of carboxylic acids is 1. The van der Waals surface area contributed by atoms with Gasteiger partial charge in [-0.25, -0.2) is 0 Å². The Morgan fingerprint density at radius 1 is 1.19 bits per heavy atom. The standard InChI is InChI=1S/C18H16F3NO5/c19-18(20,21)27-14-6-2-1-5-12(14)13-7-8-15(26-13)16(23)22-9-3-4-11(10-22)17(24)25/h1-2,5-8,11H,3-4,9-10H2,(H,24,25). The highest BCUT2D eigenvalue weighted by Crippen LogP contribution is 2.35. The molecule has 0 bridgehead atoms. The number of para-hydroxylation sites is 1. The molecule has 0 saturated carbocycles. The van der Waals surface area contributed by atoms with Crippen molar-refractivity contribution in [1.82, 2.24) is 4.90 Å². The average molecular weight is 383 g/mol. The van der Waals surface area contributed by atoms with Gasteiger partial charge in [-0.2, -0.15) is 0 Å². The summed E-state index contributed by atoms with van der Waals surface area (Å²) in [6, 6.07) is 8.17. The second kappa shape index (κ2) is 7.34. The summed E-state index contributed by atoms with van der Waals surface area (Å²) in [5.74, 6) is -2.57. The van der Waals surface area contributed by atoms with Crippen molar-refractivity contribution < 1.29 is 37.0 Å². The van der Waals surface area contributed by atoms with Gasteiger partial charge in [0.2, 0.25) is 0 Å². The van der Waals surface area contributed by atoms with E-state index in [1.54, 1.807) is 0 Å². The minimum absolute atomic E-state index is 0.0463. The first-order valence-electron chi connectivity index (χ1n) is 8.21. The monoisotopic (exact) mass is 383 g/mol. The fourth-order valence-electron chi connectivity index (χ4n) is 3.00. The van der Waals surface area contributed by atoms with E-state index >= 15 is 0 Å². The van der Waals surface area contributed by atoms with Crippen molar-refractivity contribution in [1.29, 1.82) is 0 Å². The summed E-state index contributed by atoms with van der Waals surface area (Å²) in [6.07, 6.45) is -3.82. The van der Waals surface area contributed by atoms with Gasteiger partial charge in [-0.1, -0.05) is 12.1 Å². The molecule has 9 heteroatoms. The molecule has 6 nitrogen and oxygen atoms in total. The van der Waals surface area contributed by atoms with E-state index in [0.29, 0.717) is 19.4 Å². The summed E-state index contributed by atoms with van der Waals surface area (Å²) < 4.78 is 47.1. The molecule has 1 aliphatic heterocycles. The van der Waals surface area contributed by atoms with Crippen LogP contribution in [-0.2, 0) is 4.79 Å². The van der Waals surface area contributed by atoms with Crippen molar-refractivity contribution in [2.75, 3.05) is 13.1 Å². The Morgan fingerprint density at radius 3 is 2.63 bits per heavy atom. The first-order valence-corrected chi connectivity index (χ1v) is 8.21. The number of hydrogen-bond acceptors (Lipinski definition) is 4. The van der Waals surface area contributed by atoms with Gasteiger partial charge in [0.15, 0.2) is 5.76 Å². The second-order valence-electron chi connectivity index (χ2n) is 6.14. The van der Waals surface area contributed by atoms with E-state index in [-0.39, 0.29) is 23.6 Å².